The SMILES string of the molecule is CNCCCCC(=O)NCCCCCC(=O)n1nc(N)c2c(-c3ccc(N)cc3)cccc21. The van der Waals surface area contributed by atoms with Crippen molar-refractivity contribution in [1.82, 2.24) is 20.4 Å². The maximum atomic E-state index is 12.8. The standard InChI is InChI=1S/C25H34N6O2/c1-28-16-6-4-10-22(32)29-17-5-2-3-11-23(33)31-21-9-7-8-20(24(21)25(27)30-31)18-12-14-19(26)15-13-18/h7-9,12-15,28H,2-6,10-11,16-17,26H2,1H3,(H2,27,30)(H,29,32). The lowest BCUT2D eigenvalue weighted by molar-refractivity contribution is -0.121. The second-order valence-electron chi connectivity index (χ2n) is 8.23. The third-order valence-corrected chi connectivity index (χ3v) is 5.66. The van der Waals surface area contributed by atoms with Gasteiger partial charge in [-0.15, -0.1) is 5.10 Å². The van der Waals surface area contributed by atoms with Gasteiger partial charge in [0.15, 0.2) is 5.82 Å². The molecule has 1 amide bonds. The summed E-state index contributed by atoms with van der Waals surface area (Å²) in [4.78, 5) is 24.6. The lowest BCUT2D eigenvalue weighted by Crippen LogP contribution is -2.24. The highest BCUT2D eigenvalue weighted by Gasteiger charge is 2.17. The zero-order valence-electron chi connectivity index (χ0n) is 19.3. The molecule has 0 saturated heterocycles. The van der Waals surface area contributed by atoms with E-state index in [0.29, 0.717) is 36.4 Å². The minimum atomic E-state index is -0.0836. The molecule has 6 N–H and O–H groups in total. The monoisotopic (exact) mass is 450 g/mol. The van der Waals surface area contributed by atoms with Crippen molar-refractivity contribution in [3.05, 3.63) is 42.5 Å². The Balaban J connectivity index is 1.51. The van der Waals surface area contributed by atoms with Crippen molar-refractivity contribution in [2.75, 3.05) is 31.6 Å². The van der Waals surface area contributed by atoms with E-state index >= 15 is 0 Å². The fourth-order valence-electron chi connectivity index (χ4n) is 3.88. The molecule has 8 heteroatoms. The van der Waals surface area contributed by atoms with Crippen LogP contribution < -0.4 is 22.1 Å². The molecule has 1 aromatic heterocycles. The van der Waals surface area contributed by atoms with E-state index in [2.05, 4.69) is 15.7 Å². The van der Waals surface area contributed by atoms with Crippen molar-refractivity contribution >= 4 is 34.2 Å². The van der Waals surface area contributed by atoms with Gasteiger partial charge in [-0.1, -0.05) is 30.7 Å². The van der Waals surface area contributed by atoms with Crippen LogP contribution in [0.5, 0.6) is 0 Å². The number of nitrogens with zero attached hydrogens (tertiary/aromatic N) is 2. The van der Waals surface area contributed by atoms with Crippen LogP contribution in [0.2, 0.25) is 0 Å². The van der Waals surface area contributed by atoms with Gasteiger partial charge in [0, 0.05) is 25.1 Å². The van der Waals surface area contributed by atoms with Crippen LogP contribution in [-0.2, 0) is 4.79 Å². The molecular formula is C25H34N6O2. The number of fused-ring (bicyclic) bond motifs is 1. The van der Waals surface area contributed by atoms with Gasteiger partial charge < -0.3 is 22.1 Å². The van der Waals surface area contributed by atoms with E-state index in [-0.39, 0.29) is 11.8 Å². The molecule has 176 valence electrons. The molecular weight excluding hydrogens is 416 g/mol. The van der Waals surface area contributed by atoms with Crippen LogP contribution in [0.15, 0.2) is 42.5 Å². The van der Waals surface area contributed by atoms with Crippen LogP contribution in [0.25, 0.3) is 22.0 Å². The van der Waals surface area contributed by atoms with Crippen LogP contribution in [0.1, 0.15) is 49.7 Å². The largest absolute Gasteiger partial charge is 0.399 e. The Morgan fingerprint density at radius 1 is 0.909 bits per heavy atom. The normalized spacial score (nSPS) is 11.1. The number of aromatic nitrogens is 2. The van der Waals surface area contributed by atoms with E-state index in [1.807, 2.05) is 49.5 Å². The van der Waals surface area contributed by atoms with Crippen molar-refractivity contribution in [1.29, 1.82) is 0 Å². The third-order valence-electron chi connectivity index (χ3n) is 5.66. The summed E-state index contributed by atoms with van der Waals surface area (Å²) in [5, 5.41) is 11.1. The summed E-state index contributed by atoms with van der Waals surface area (Å²) >= 11 is 0. The van der Waals surface area contributed by atoms with Crippen molar-refractivity contribution in [3.8, 4) is 11.1 Å². The van der Waals surface area contributed by atoms with Crippen molar-refractivity contribution < 1.29 is 9.59 Å². The van der Waals surface area contributed by atoms with Gasteiger partial charge in [-0.25, -0.2) is 0 Å². The number of nitrogen functional groups attached to an aromatic ring is 2. The number of rotatable bonds is 12. The van der Waals surface area contributed by atoms with Crippen LogP contribution in [0.3, 0.4) is 0 Å². The van der Waals surface area contributed by atoms with Gasteiger partial charge in [-0.05, 0) is 68.6 Å². The number of carbonyl (C=O) groups excluding carboxylic acids is 2. The van der Waals surface area contributed by atoms with E-state index < -0.39 is 0 Å². The molecule has 0 saturated carbocycles. The van der Waals surface area contributed by atoms with E-state index in [4.69, 9.17) is 11.5 Å². The molecule has 0 aliphatic heterocycles. The highest BCUT2D eigenvalue weighted by Crippen LogP contribution is 2.33. The van der Waals surface area contributed by atoms with E-state index in [1.54, 1.807) is 0 Å². The van der Waals surface area contributed by atoms with Gasteiger partial charge in [0.2, 0.25) is 11.8 Å². The molecule has 0 aliphatic rings. The number of amides is 1. The Labute approximate surface area is 194 Å². The highest BCUT2D eigenvalue weighted by atomic mass is 16.2. The average molecular weight is 451 g/mol. The fraction of sp³-hybridized carbons (Fsp3) is 0.400. The number of hydrogen-bond donors (Lipinski definition) is 4. The van der Waals surface area contributed by atoms with Crippen molar-refractivity contribution in [3.63, 3.8) is 0 Å². The van der Waals surface area contributed by atoms with Gasteiger partial charge in [0.25, 0.3) is 0 Å². The molecule has 8 nitrogen and oxygen atoms in total. The zero-order chi connectivity index (χ0) is 23.6. The molecule has 33 heavy (non-hydrogen) atoms. The van der Waals surface area contributed by atoms with Crippen LogP contribution in [0.4, 0.5) is 11.5 Å². The minimum Gasteiger partial charge on any atom is -0.399 e. The maximum Gasteiger partial charge on any atom is 0.247 e. The minimum absolute atomic E-state index is 0.0836. The Hall–Kier alpha value is -3.39. The fourth-order valence-corrected chi connectivity index (χ4v) is 3.88. The molecule has 1 heterocycles. The van der Waals surface area contributed by atoms with E-state index in [9.17, 15) is 9.59 Å². The second-order valence-corrected chi connectivity index (χ2v) is 8.23. The molecule has 0 aliphatic carbocycles. The Morgan fingerprint density at radius 2 is 1.64 bits per heavy atom. The van der Waals surface area contributed by atoms with Crippen LogP contribution in [-0.4, -0.2) is 41.7 Å². The van der Waals surface area contributed by atoms with E-state index in [1.165, 1.54) is 4.68 Å². The summed E-state index contributed by atoms with van der Waals surface area (Å²) in [5.41, 5.74) is 15.3. The number of nitrogens with one attached hydrogen (secondary N) is 2. The molecule has 3 rings (SSSR count). The number of anilines is 2. The molecule has 0 bridgehead atoms. The highest BCUT2D eigenvalue weighted by molar-refractivity contribution is 6.05. The first-order chi connectivity index (χ1) is 16.0. The van der Waals surface area contributed by atoms with Crippen LogP contribution >= 0.6 is 0 Å². The second kappa shape index (κ2) is 12.0. The average Bonchev–Trinajstić information content (AvgIpc) is 3.16. The molecule has 0 atom stereocenters. The van der Waals surface area contributed by atoms with Gasteiger partial charge in [-0.3, -0.25) is 9.59 Å². The number of hydrogen-bond acceptors (Lipinski definition) is 6. The molecule has 0 spiro atoms. The summed E-state index contributed by atoms with van der Waals surface area (Å²) in [6, 6.07) is 13.3. The van der Waals surface area contributed by atoms with Crippen molar-refractivity contribution in [2.24, 2.45) is 0 Å². The predicted octanol–water partition coefficient (Wildman–Crippen LogP) is 3.57. The zero-order valence-corrected chi connectivity index (χ0v) is 19.3. The summed E-state index contributed by atoms with van der Waals surface area (Å²) in [6.45, 7) is 1.57. The summed E-state index contributed by atoms with van der Waals surface area (Å²) in [7, 11) is 1.91. The maximum absolute atomic E-state index is 12.8. The number of carbonyl (C=O) groups is 2. The van der Waals surface area contributed by atoms with Gasteiger partial charge in [0.1, 0.15) is 0 Å². The number of benzene rings is 2. The number of unbranched alkanes of at least 4 members (excludes halogenated alkanes) is 3. The first-order valence-corrected chi connectivity index (χ1v) is 11.6. The molecule has 0 unspecified atom stereocenters. The lowest BCUT2D eigenvalue weighted by Gasteiger charge is -2.07. The Kier molecular flexibility index (Phi) is 8.83. The number of nitrogens with two attached hydrogens (primary N) is 2. The summed E-state index contributed by atoms with van der Waals surface area (Å²) in [5.74, 6) is 0.348. The predicted molar refractivity (Wildman–Crippen MR) is 134 cm³/mol. The first-order valence-electron chi connectivity index (χ1n) is 11.6. The van der Waals surface area contributed by atoms with Crippen LogP contribution in [0, 0.1) is 0 Å². The third kappa shape index (κ3) is 6.55. The topological polar surface area (TPSA) is 128 Å². The van der Waals surface area contributed by atoms with Gasteiger partial charge >= 0.3 is 0 Å². The lowest BCUT2D eigenvalue weighted by atomic mass is 10.0. The van der Waals surface area contributed by atoms with Crippen molar-refractivity contribution in [2.45, 2.75) is 44.9 Å². The smallest absolute Gasteiger partial charge is 0.247 e. The quantitative estimate of drug-likeness (QED) is 0.247. The molecule has 0 fully saturated rings. The Bertz CT molecular complexity index is 1070. The first kappa shape index (κ1) is 24.3. The van der Waals surface area contributed by atoms with Gasteiger partial charge in [-0.2, -0.15) is 4.68 Å². The van der Waals surface area contributed by atoms with Gasteiger partial charge in [0.05, 0.1) is 10.9 Å². The van der Waals surface area contributed by atoms with E-state index in [0.717, 1.165) is 55.2 Å². The Morgan fingerprint density at radius 3 is 2.39 bits per heavy atom. The molecule has 2 aromatic carbocycles. The molecule has 0 radical (unpaired) electrons. The molecule has 3 aromatic rings. The summed E-state index contributed by atoms with van der Waals surface area (Å²) < 4.78 is 1.42. The summed E-state index contributed by atoms with van der Waals surface area (Å²) in [6.07, 6.45) is 5.26.